The molecule has 48 heavy (non-hydrogen) atoms. The van der Waals surface area contributed by atoms with E-state index in [9.17, 15) is 23.2 Å². The molecule has 0 saturated heterocycles. The molecule has 0 spiro atoms. The number of carbonyl (C=O) groups is 1. The van der Waals surface area contributed by atoms with Gasteiger partial charge in [0.05, 0.1) is 27.9 Å². The number of alkyl halides is 3. The monoisotopic (exact) mass is 744 g/mol. The van der Waals surface area contributed by atoms with E-state index in [-0.39, 0.29) is 58.9 Å². The Hall–Kier alpha value is -3.78. The van der Waals surface area contributed by atoms with Gasteiger partial charge in [0.2, 0.25) is 0 Å². The third-order valence-corrected chi connectivity index (χ3v) is 9.14. The molecule has 2 aromatic carbocycles. The van der Waals surface area contributed by atoms with Crippen LogP contribution in [0.4, 0.5) is 13.2 Å². The average Bonchev–Trinajstić information content (AvgIpc) is 3.29. The zero-order valence-corrected chi connectivity index (χ0v) is 29.7. The Morgan fingerprint density at radius 1 is 1.12 bits per heavy atom. The van der Waals surface area contributed by atoms with Crippen molar-refractivity contribution in [3.05, 3.63) is 116 Å². The zero-order valence-electron chi connectivity index (χ0n) is 27.3. The molecule has 0 radical (unpaired) electrons. The molecule has 5 rings (SSSR count). The van der Waals surface area contributed by atoms with E-state index in [1.807, 2.05) is 30.3 Å². The molecule has 2 aromatic heterocycles. The molecule has 0 N–H and O–H groups in total. The first-order valence-corrected chi connectivity index (χ1v) is 16.5. The van der Waals surface area contributed by atoms with Crippen LogP contribution in [-0.2, 0) is 40.2 Å². The summed E-state index contributed by atoms with van der Waals surface area (Å²) in [5.41, 5.74) is 2.86. The lowest BCUT2D eigenvalue weighted by atomic mass is 10.1. The van der Waals surface area contributed by atoms with E-state index in [2.05, 4.69) is 61.8 Å². The number of esters is 1. The SMILES string of the molecule is CC(C)=CC1C(C(=O)OCc2coc(Cc3ccccc3)c2)C1(C)C.CCOCn1c(-c2ccc(Cl)cc2)c(C#N)c(Br)c1C(F)(F)F. The second-order valence-electron chi connectivity index (χ2n) is 12.3. The first-order chi connectivity index (χ1) is 22.7. The molecule has 2 heterocycles. The van der Waals surface area contributed by atoms with E-state index in [1.165, 1.54) is 11.1 Å². The lowest BCUT2D eigenvalue weighted by molar-refractivity contribution is -0.148. The molecular weight excluding hydrogens is 709 g/mol. The molecule has 2 unspecified atom stereocenters. The fourth-order valence-corrected chi connectivity index (χ4v) is 6.46. The summed E-state index contributed by atoms with van der Waals surface area (Å²) >= 11 is 8.73. The van der Waals surface area contributed by atoms with Crippen molar-refractivity contribution in [3.8, 4) is 17.3 Å². The minimum atomic E-state index is -4.63. The van der Waals surface area contributed by atoms with E-state index >= 15 is 0 Å². The maximum Gasteiger partial charge on any atom is 0.432 e. The van der Waals surface area contributed by atoms with Gasteiger partial charge in [0.25, 0.3) is 0 Å². The van der Waals surface area contributed by atoms with Crippen LogP contribution in [0.3, 0.4) is 0 Å². The normalized spacial score (nSPS) is 16.4. The molecule has 6 nitrogen and oxygen atoms in total. The molecule has 1 aliphatic rings. The van der Waals surface area contributed by atoms with Gasteiger partial charge in [-0.2, -0.15) is 18.4 Å². The molecule has 0 amide bonds. The number of benzene rings is 2. The van der Waals surface area contributed by atoms with Gasteiger partial charge in [-0.1, -0.05) is 79.6 Å². The Morgan fingerprint density at radius 2 is 1.79 bits per heavy atom. The molecule has 2 atom stereocenters. The van der Waals surface area contributed by atoms with Gasteiger partial charge in [-0.15, -0.1) is 0 Å². The van der Waals surface area contributed by atoms with Crippen molar-refractivity contribution in [2.45, 2.75) is 60.6 Å². The lowest BCUT2D eigenvalue weighted by Gasteiger charge is -2.15. The zero-order chi connectivity index (χ0) is 35.2. The summed E-state index contributed by atoms with van der Waals surface area (Å²) in [5.74, 6) is 1.01. The average molecular weight is 746 g/mol. The lowest BCUT2D eigenvalue weighted by Crippen LogP contribution is -2.16. The van der Waals surface area contributed by atoms with Crippen LogP contribution >= 0.6 is 27.5 Å². The predicted molar refractivity (Wildman–Crippen MR) is 182 cm³/mol. The van der Waals surface area contributed by atoms with E-state index in [0.717, 1.165) is 22.3 Å². The molecule has 4 aromatic rings. The number of furan rings is 1. The highest BCUT2D eigenvalue weighted by atomic mass is 79.9. The summed E-state index contributed by atoms with van der Waals surface area (Å²) in [4.78, 5) is 12.4. The summed E-state index contributed by atoms with van der Waals surface area (Å²) in [6.45, 7) is 10.3. The third kappa shape index (κ3) is 8.81. The molecule has 0 bridgehead atoms. The Labute approximate surface area is 292 Å². The summed E-state index contributed by atoms with van der Waals surface area (Å²) in [6, 6.07) is 20.2. The van der Waals surface area contributed by atoms with E-state index in [1.54, 1.807) is 37.5 Å². The van der Waals surface area contributed by atoms with Gasteiger partial charge < -0.3 is 18.5 Å². The standard InChI is InChI=1S/C22H26O3.C15H11BrClF3N2O/c1-15(2)10-19-20(22(19,3)4)21(23)25-14-17-12-18(24-13-17)11-16-8-6-5-7-9-16;1-2-23-8-22-13(9-3-5-10(17)6-4-9)11(7-21)12(16)14(22)15(18,19)20/h5-10,12-13,19-20H,11,14H2,1-4H3;3-6H,2,8H2,1H3. The number of hydrogen-bond donors (Lipinski definition) is 0. The Kier molecular flexibility index (Phi) is 12.1. The van der Waals surface area contributed by atoms with Crippen molar-refractivity contribution in [1.82, 2.24) is 4.57 Å². The summed E-state index contributed by atoms with van der Waals surface area (Å²) in [5, 5.41) is 9.77. The first-order valence-electron chi connectivity index (χ1n) is 15.3. The minimum Gasteiger partial charge on any atom is -0.469 e. The smallest absolute Gasteiger partial charge is 0.432 e. The van der Waals surface area contributed by atoms with E-state index < -0.39 is 11.9 Å². The van der Waals surface area contributed by atoms with Crippen LogP contribution in [-0.4, -0.2) is 17.1 Å². The van der Waals surface area contributed by atoms with Crippen molar-refractivity contribution >= 4 is 33.5 Å². The molecule has 11 heteroatoms. The maximum atomic E-state index is 13.4. The first kappa shape index (κ1) is 37.0. The summed E-state index contributed by atoms with van der Waals surface area (Å²) < 4.78 is 57.2. The molecule has 0 aliphatic heterocycles. The van der Waals surface area contributed by atoms with Crippen molar-refractivity contribution in [3.63, 3.8) is 0 Å². The fourth-order valence-electron chi connectivity index (χ4n) is 5.62. The molecule has 1 aliphatic carbocycles. The van der Waals surface area contributed by atoms with Gasteiger partial charge in [0, 0.05) is 23.6 Å². The topological polar surface area (TPSA) is 77.4 Å². The van der Waals surface area contributed by atoms with Gasteiger partial charge >= 0.3 is 12.1 Å². The van der Waals surface area contributed by atoms with Gasteiger partial charge in [0.15, 0.2) is 0 Å². The number of ether oxygens (including phenoxy) is 2. The van der Waals surface area contributed by atoms with Crippen LogP contribution in [0.1, 0.15) is 62.8 Å². The van der Waals surface area contributed by atoms with Crippen LogP contribution < -0.4 is 0 Å². The third-order valence-electron chi connectivity index (χ3n) is 8.11. The van der Waals surface area contributed by atoms with E-state index in [0.29, 0.717) is 10.6 Å². The largest absolute Gasteiger partial charge is 0.469 e. The van der Waals surface area contributed by atoms with Crippen molar-refractivity contribution in [2.75, 3.05) is 6.61 Å². The molecule has 1 saturated carbocycles. The summed E-state index contributed by atoms with van der Waals surface area (Å²) in [6.07, 6.45) is -0.0296. The number of carbonyl (C=O) groups excluding carboxylic acids is 1. The highest BCUT2D eigenvalue weighted by Crippen LogP contribution is 2.59. The molecule has 1 fully saturated rings. The molecule has 254 valence electrons. The van der Waals surface area contributed by atoms with Crippen LogP contribution in [0.15, 0.2) is 87.5 Å². The number of allylic oxidation sites excluding steroid dienone is 2. The van der Waals surface area contributed by atoms with Crippen LogP contribution in [0.5, 0.6) is 0 Å². The van der Waals surface area contributed by atoms with Crippen LogP contribution in [0.2, 0.25) is 5.02 Å². The number of nitrogens with zero attached hydrogens (tertiary/aromatic N) is 2. The molecular formula is C37H37BrClF3N2O4. The Morgan fingerprint density at radius 3 is 2.38 bits per heavy atom. The Balaban J connectivity index is 0.000000218. The maximum absolute atomic E-state index is 13.4. The number of rotatable bonds is 10. The van der Waals surface area contributed by atoms with Crippen LogP contribution in [0.25, 0.3) is 11.3 Å². The van der Waals surface area contributed by atoms with Gasteiger partial charge in [-0.3, -0.25) is 4.79 Å². The second kappa shape index (κ2) is 15.6. The van der Waals surface area contributed by atoms with Crippen molar-refractivity contribution < 1.29 is 31.9 Å². The summed E-state index contributed by atoms with van der Waals surface area (Å²) in [7, 11) is 0. The number of hydrogen-bond acceptors (Lipinski definition) is 5. The number of nitriles is 1. The Bertz CT molecular complexity index is 1780. The van der Waals surface area contributed by atoms with Crippen molar-refractivity contribution in [1.29, 1.82) is 5.26 Å². The van der Waals surface area contributed by atoms with Crippen LogP contribution in [0, 0.1) is 28.6 Å². The van der Waals surface area contributed by atoms with Gasteiger partial charge in [-0.05, 0) is 77.4 Å². The predicted octanol–water partition coefficient (Wildman–Crippen LogP) is 10.6. The van der Waals surface area contributed by atoms with Crippen molar-refractivity contribution in [2.24, 2.45) is 17.3 Å². The highest BCUT2D eigenvalue weighted by Gasteiger charge is 2.61. The number of aromatic nitrogens is 1. The van der Waals surface area contributed by atoms with Gasteiger partial charge in [0.1, 0.15) is 30.9 Å². The highest BCUT2D eigenvalue weighted by molar-refractivity contribution is 9.10. The quantitative estimate of drug-likeness (QED) is 0.119. The minimum absolute atomic E-state index is 0.0107. The van der Waals surface area contributed by atoms with E-state index in [4.69, 9.17) is 25.5 Å². The second-order valence-corrected chi connectivity index (χ2v) is 13.5. The number of halogens is 5. The van der Waals surface area contributed by atoms with Gasteiger partial charge in [-0.25, -0.2) is 0 Å². The fraction of sp³-hybridized carbons (Fsp3) is 0.351.